The third kappa shape index (κ3) is 2.70. The molecule has 0 radical (unpaired) electrons. The molecule has 2 aromatic rings. The molecule has 3 N–H and O–H groups in total. The van der Waals surface area contributed by atoms with Gasteiger partial charge in [-0.25, -0.2) is 0 Å². The second kappa shape index (κ2) is 5.67. The molecule has 3 nitrogen and oxygen atoms in total. The van der Waals surface area contributed by atoms with Crippen LogP contribution in [-0.2, 0) is 0 Å². The van der Waals surface area contributed by atoms with Gasteiger partial charge in [-0.15, -0.1) is 0 Å². The minimum Gasteiger partial charge on any atom is -0.462 e. The first-order valence-corrected chi connectivity index (χ1v) is 5.98. The van der Waals surface area contributed by atoms with Crippen LogP contribution in [0, 0.1) is 0 Å². The Bertz CT molecular complexity index is 563. The highest BCUT2D eigenvalue weighted by atomic mass is 16.5. The van der Waals surface area contributed by atoms with Gasteiger partial charge in [0.25, 0.3) is 0 Å². The Labute approximate surface area is 106 Å². The van der Waals surface area contributed by atoms with Crippen molar-refractivity contribution in [3.63, 3.8) is 0 Å². The van der Waals surface area contributed by atoms with Crippen molar-refractivity contribution in [3.8, 4) is 5.75 Å². The van der Waals surface area contributed by atoms with Crippen molar-refractivity contribution in [1.29, 1.82) is 0 Å². The van der Waals surface area contributed by atoms with Gasteiger partial charge in [0.05, 0.1) is 0 Å². The highest BCUT2D eigenvalue weighted by molar-refractivity contribution is 5.83. The first kappa shape index (κ1) is 12.6. The quantitative estimate of drug-likeness (QED) is 0.879. The fraction of sp³-hybridized carbons (Fsp3) is 0.200. The molecule has 0 fully saturated rings. The van der Waals surface area contributed by atoms with E-state index in [2.05, 4.69) is 47.8 Å². The van der Waals surface area contributed by atoms with Gasteiger partial charge >= 0.3 is 0 Å². The lowest BCUT2D eigenvalue weighted by atomic mass is 10.1. The predicted octanol–water partition coefficient (Wildman–Crippen LogP) is 2.27. The molecule has 0 amide bonds. The summed E-state index contributed by atoms with van der Waals surface area (Å²) in [7, 11) is 0. The number of hydrogen-bond donors (Lipinski definition) is 1. The van der Waals surface area contributed by atoms with E-state index in [-0.39, 0.29) is 5.48 Å². The molecule has 0 saturated heterocycles. The summed E-state index contributed by atoms with van der Waals surface area (Å²) in [5, 5.41) is 5.74. The van der Waals surface area contributed by atoms with Crippen LogP contribution in [0.4, 0.5) is 0 Å². The maximum absolute atomic E-state index is 5.88. The maximum atomic E-state index is 5.88. The Balaban J connectivity index is 0.00000120. The van der Waals surface area contributed by atoms with Crippen LogP contribution < -0.4 is 10.1 Å². The molecule has 0 aliphatic carbocycles. The average molecular weight is 243 g/mol. The minimum atomic E-state index is 0. The molecule has 18 heavy (non-hydrogen) atoms. The van der Waals surface area contributed by atoms with Crippen molar-refractivity contribution in [3.05, 3.63) is 54.3 Å². The second-order valence-electron chi connectivity index (χ2n) is 4.24. The van der Waals surface area contributed by atoms with Gasteiger partial charge in [0.15, 0.2) is 0 Å². The zero-order valence-electron chi connectivity index (χ0n) is 10.1. The Morgan fingerprint density at radius 1 is 1.00 bits per heavy atom. The van der Waals surface area contributed by atoms with Gasteiger partial charge < -0.3 is 15.5 Å². The van der Waals surface area contributed by atoms with E-state index in [0.29, 0.717) is 0 Å². The average Bonchev–Trinajstić information content (AvgIpc) is 2.40. The summed E-state index contributed by atoms with van der Waals surface area (Å²) in [4.78, 5) is 0. The summed E-state index contributed by atoms with van der Waals surface area (Å²) in [6.07, 6.45) is 3.07. The summed E-state index contributed by atoms with van der Waals surface area (Å²) >= 11 is 0. The number of fused-ring (bicyclic) bond motifs is 1. The van der Waals surface area contributed by atoms with Crippen LogP contribution in [0.3, 0.4) is 0 Å². The molecule has 0 spiro atoms. The molecule has 0 atom stereocenters. The van der Waals surface area contributed by atoms with Crippen LogP contribution in [0.25, 0.3) is 10.8 Å². The fourth-order valence-corrected chi connectivity index (χ4v) is 2.08. The lowest BCUT2D eigenvalue weighted by molar-refractivity contribution is 0.388. The van der Waals surface area contributed by atoms with E-state index in [9.17, 15) is 0 Å². The number of rotatable bonds is 2. The SMILES string of the molecule is C1=C(Oc2ccc3ccccc3c2)CCNC1.O. The Morgan fingerprint density at radius 3 is 2.61 bits per heavy atom. The summed E-state index contributed by atoms with van der Waals surface area (Å²) in [6, 6.07) is 14.6. The van der Waals surface area contributed by atoms with Gasteiger partial charge in [-0.2, -0.15) is 0 Å². The molecule has 1 aliphatic heterocycles. The largest absolute Gasteiger partial charge is 0.462 e. The van der Waals surface area contributed by atoms with E-state index in [1.54, 1.807) is 0 Å². The summed E-state index contributed by atoms with van der Waals surface area (Å²) < 4.78 is 5.88. The number of hydrogen-bond acceptors (Lipinski definition) is 2. The van der Waals surface area contributed by atoms with E-state index >= 15 is 0 Å². The van der Waals surface area contributed by atoms with Crippen LogP contribution in [0.1, 0.15) is 6.42 Å². The van der Waals surface area contributed by atoms with Crippen molar-refractivity contribution in [2.75, 3.05) is 13.1 Å². The highest BCUT2D eigenvalue weighted by Gasteiger charge is 2.05. The lowest BCUT2D eigenvalue weighted by Gasteiger charge is -2.15. The molecule has 0 saturated carbocycles. The van der Waals surface area contributed by atoms with E-state index in [1.807, 2.05) is 6.07 Å². The van der Waals surface area contributed by atoms with Crippen LogP contribution in [0.15, 0.2) is 54.3 Å². The standard InChI is InChI=1S/C15H15NO.H2O/c1-2-4-13-11-15(6-5-12(13)3-1)17-14-7-9-16-10-8-14;/h1-7,11,16H,8-10H2;1H2. The second-order valence-corrected chi connectivity index (χ2v) is 4.24. The van der Waals surface area contributed by atoms with Crippen LogP contribution >= 0.6 is 0 Å². The first-order valence-electron chi connectivity index (χ1n) is 5.98. The third-order valence-electron chi connectivity index (χ3n) is 2.99. The van der Waals surface area contributed by atoms with Crippen molar-refractivity contribution >= 4 is 10.8 Å². The molecular formula is C15H17NO2. The number of ether oxygens (including phenoxy) is 1. The third-order valence-corrected chi connectivity index (χ3v) is 2.99. The minimum absolute atomic E-state index is 0. The number of benzene rings is 2. The molecule has 3 rings (SSSR count). The summed E-state index contributed by atoms with van der Waals surface area (Å²) in [5.41, 5.74) is 0. The van der Waals surface area contributed by atoms with Crippen LogP contribution in [-0.4, -0.2) is 18.6 Å². The van der Waals surface area contributed by atoms with Crippen LogP contribution in [0.2, 0.25) is 0 Å². The highest BCUT2D eigenvalue weighted by Crippen LogP contribution is 2.23. The van der Waals surface area contributed by atoms with E-state index in [4.69, 9.17) is 4.74 Å². The Kier molecular flexibility index (Phi) is 3.97. The predicted molar refractivity (Wildman–Crippen MR) is 73.8 cm³/mol. The van der Waals surface area contributed by atoms with Gasteiger partial charge in [-0.3, -0.25) is 0 Å². The molecule has 1 heterocycles. The maximum Gasteiger partial charge on any atom is 0.127 e. The van der Waals surface area contributed by atoms with Crippen molar-refractivity contribution < 1.29 is 10.2 Å². The van der Waals surface area contributed by atoms with Gasteiger partial charge in [0, 0.05) is 19.5 Å². The topological polar surface area (TPSA) is 52.8 Å². The zero-order chi connectivity index (χ0) is 11.5. The van der Waals surface area contributed by atoms with Gasteiger partial charge in [-0.1, -0.05) is 30.3 Å². The van der Waals surface area contributed by atoms with E-state index in [1.165, 1.54) is 10.8 Å². The molecule has 2 aromatic carbocycles. The molecule has 0 bridgehead atoms. The Morgan fingerprint density at radius 2 is 1.83 bits per heavy atom. The van der Waals surface area contributed by atoms with Gasteiger partial charge in [0.1, 0.15) is 11.5 Å². The molecule has 3 heteroatoms. The van der Waals surface area contributed by atoms with Gasteiger partial charge in [0.2, 0.25) is 0 Å². The fourth-order valence-electron chi connectivity index (χ4n) is 2.08. The van der Waals surface area contributed by atoms with E-state index in [0.717, 1.165) is 31.0 Å². The normalized spacial score (nSPS) is 14.8. The Hall–Kier alpha value is -1.84. The summed E-state index contributed by atoms with van der Waals surface area (Å²) in [6.45, 7) is 1.91. The van der Waals surface area contributed by atoms with Crippen molar-refractivity contribution in [1.82, 2.24) is 5.32 Å². The lowest BCUT2D eigenvalue weighted by Crippen LogP contribution is -2.22. The monoisotopic (exact) mass is 243 g/mol. The first-order chi connectivity index (χ1) is 8.42. The molecule has 0 aromatic heterocycles. The van der Waals surface area contributed by atoms with Crippen LogP contribution in [0.5, 0.6) is 5.75 Å². The smallest absolute Gasteiger partial charge is 0.127 e. The number of nitrogens with one attached hydrogen (secondary N) is 1. The van der Waals surface area contributed by atoms with Gasteiger partial charge in [-0.05, 0) is 29.0 Å². The van der Waals surface area contributed by atoms with Crippen molar-refractivity contribution in [2.24, 2.45) is 0 Å². The molecule has 0 unspecified atom stereocenters. The zero-order valence-corrected chi connectivity index (χ0v) is 10.1. The van der Waals surface area contributed by atoms with E-state index < -0.39 is 0 Å². The molecule has 94 valence electrons. The van der Waals surface area contributed by atoms with Crippen molar-refractivity contribution in [2.45, 2.75) is 6.42 Å². The summed E-state index contributed by atoms with van der Waals surface area (Å²) in [5.74, 6) is 2.00. The molecule has 1 aliphatic rings. The molecular weight excluding hydrogens is 226 g/mol.